The van der Waals surface area contributed by atoms with E-state index in [1.165, 1.54) is 17.9 Å². The van der Waals surface area contributed by atoms with Crippen molar-refractivity contribution in [2.45, 2.75) is 13.8 Å². The predicted molar refractivity (Wildman–Crippen MR) is 82.8 cm³/mol. The van der Waals surface area contributed by atoms with Gasteiger partial charge < -0.3 is 14.6 Å². The van der Waals surface area contributed by atoms with Crippen LogP contribution in [-0.2, 0) is 14.4 Å². The van der Waals surface area contributed by atoms with Crippen molar-refractivity contribution in [3.05, 3.63) is 23.8 Å². The fourth-order valence-electron chi connectivity index (χ4n) is 2.22. The van der Waals surface area contributed by atoms with Crippen LogP contribution in [0.3, 0.4) is 0 Å². The second-order valence-corrected chi connectivity index (χ2v) is 4.94. The minimum Gasteiger partial charge on any atom is -0.490 e. The molecule has 1 amide bonds. The number of carbonyl (C=O) groups excluding carboxylic acids is 2. The zero-order valence-electron chi connectivity index (χ0n) is 12.9. The quantitative estimate of drug-likeness (QED) is 0.799. The molecule has 0 saturated heterocycles. The lowest BCUT2D eigenvalue weighted by molar-refractivity contribution is -0.131. The zero-order valence-corrected chi connectivity index (χ0v) is 12.9. The summed E-state index contributed by atoms with van der Waals surface area (Å²) in [5.74, 6) is -0.824. The Morgan fingerprint density at radius 2 is 2.17 bits per heavy atom. The second kappa shape index (κ2) is 6.95. The van der Waals surface area contributed by atoms with Gasteiger partial charge in [-0.3, -0.25) is 14.5 Å². The molecule has 0 unspecified atom stereocenters. The second-order valence-electron chi connectivity index (χ2n) is 4.94. The van der Waals surface area contributed by atoms with Gasteiger partial charge in [0, 0.05) is 6.08 Å². The number of aliphatic carboxylic acids is 1. The number of nitrogens with zero attached hydrogens (tertiary/aromatic N) is 1. The number of carbonyl (C=O) groups is 3. The monoisotopic (exact) mass is 319 g/mol. The minimum atomic E-state index is -1.09. The average molecular weight is 319 g/mol. The van der Waals surface area contributed by atoms with Crippen LogP contribution in [0.2, 0.25) is 0 Å². The van der Waals surface area contributed by atoms with Crippen molar-refractivity contribution in [1.29, 1.82) is 0 Å². The van der Waals surface area contributed by atoms with Gasteiger partial charge in [-0.25, -0.2) is 4.79 Å². The third kappa shape index (κ3) is 3.88. The van der Waals surface area contributed by atoms with Crippen LogP contribution >= 0.6 is 0 Å². The van der Waals surface area contributed by atoms with Crippen molar-refractivity contribution in [2.75, 3.05) is 24.7 Å². The molecule has 1 heterocycles. The number of amides is 1. The van der Waals surface area contributed by atoms with Gasteiger partial charge in [0.25, 0.3) is 5.91 Å². The molecule has 7 nitrogen and oxygen atoms in total. The molecular formula is C16H17NO6. The topological polar surface area (TPSA) is 93.1 Å². The number of carboxylic acid groups (broad SMARTS) is 1. The first-order chi connectivity index (χ1) is 10.9. The van der Waals surface area contributed by atoms with E-state index in [0.717, 1.165) is 6.08 Å². The Morgan fingerprint density at radius 1 is 1.43 bits per heavy atom. The van der Waals surface area contributed by atoms with Gasteiger partial charge in [-0.1, -0.05) is 0 Å². The number of benzene rings is 1. The molecule has 0 atom stereocenters. The fourth-order valence-corrected chi connectivity index (χ4v) is 2.22. The number of Topliss-reactive ketones (excluding diaryl/α,β-unsaturated/α-hetero) is 1. The lowest BCUT2D eigenvalue weighted by Crippen LogP contribution is -2.41. The van der Waals surface area contributed by atoms with Crippen LogP contribution < -0.4 is 14.4 Å². The number of hydrogen-bond donors (Lipinski definition) is 1. The highest BCUT2D eigenvalue weighted by Gasteiger charge is 2.29. The first-order valence-corrected chi connectivity index (χ1v) is 7.06. The molecule has 0 aliphatic carbocycles. The van der Waals surface area contributed by atoms with Crippen LogP contribution in [-0.4, -0.2) is 42.5 Å². The van der Waals surface area contributed by atoms with Gasteiger partial charge in [0.2, 0.25) is 0 Å². The van der Waals surface area contributed by atoms with Crippen molar-refractivity contribution in [2.24, 2.45) is 0 Å². The Labute approximate surface area is 133 Å². The molecule has 1 aliphatic rings. The number of rotatable bonds is 6. The van der Waals surface area contributed by atoms with Crippen molar-refractivity contribution in [3.63, 3.8) is 0 Å². The maximum absolute atomic E-state index is 12.0. The van der Waals surface area contributed by atoms with Gasteiger partial charge in [0.1, 0.15) is 5.78 Å². The molecule has 1 aromatic carbocycles. The Hall–Kier alpha value is -2.83. The maximum atomic E-state index is 12.0. The first-order valence-electron chi connectivity index (χ1n) is 7.06. The SMILES string of the molecule is CCOc1cc(/C=C/C(=O)O)cc2c1OCC(=O)N2CC(C)=O. The third-order valence-electron chi connectivity index (χ3n) is 3.09. The summed E-state index contributed by atoms with van der Waals surface area (Å²) in [5.41, 5.74) is 0.925. The highest BCUT2D eigenvalue weighted by molar-refractivity contribution is 6.03. The van der Waals surface area contributed by atoms with Gasteiger partial charge in [-0.15, -0.1) is 0 Å². The summed E-state index contributed by atoms with van der Waals surface area (Å²) in [5, 5.41) is 8.75. The Kier molecular flexibility index (Phi) is 5.00. The van der Waals surface area contributed by atoms with Crippen LogP contribution in [0.25, 0.3) is 6.08 Å². The molecule has 1 aliphatic heterocycles. The van der Waals surface area contributed by atoms with Crippen LogP contribution in [0.15, 0.2) is 18.2 Å². The van der Waals surface area contributed by atoms with E-state index in [1.54, 1.807) is 19.1 Å². The number of ketones is 1. The van der Waals surface area contributed by atoms with E-state index in [2.05, 4.69) is 0 Å². The maximum Gasteiger partial charge on any atom is 0.328 e. The molecule has 1 aromatic rings. The fraction of sp³-hybridized carbons (Fsp3) is 0.312. The molecular weight excluding hydrogens is 302 g/mol. The van der Waals surface area contributed by atoms with E-state index < -0.39 is 5.97 Å². The van der Waals surface area contributed by atoms with Crippen LogP contribution in [0.4, 0.5) is 5.69 Å². The average Bonchev–Trinajstić information content (AvgIpc) is 2.48. The summed E-state index contributed by atoms with van der Waals surface area (Å²) in [6, 6.07) is 3.22. The molecule has 0 fully saturated rings. The van der Waals surface area contributed by atoms with E-state index in [4.69, 9.17) is 14.6 Å². The lowest BCUT2D eigenvalue weighted by atomic mass is 10.1. The van der Waals surface area contributed by atoms with E-state index in [9.17, 15) is 14.4 Å². The molecule has 0 radical (unpaired) electrons. The van der Waals surface area contributed by atoms with Gasteiger partial charge in [0.05, 0.1) is 18.8 Å². The van der Waals surface area contributed by atoms with E-state index >= 15 is 0 Å². The number of anilines is 1. The molecule has 7 heteroatoms. The van der Waals surface area contributed by atoms with Gasteiger partial charge in [-0.2, -0.15) is 0 Å². The van der Waals surface area contributed by atoms with Crippen LogP contribution in [0, 0.1) is 0 Å². The Morgan fingerprint density at radius 3 is 2.78 bits per heavy atom. The number of ether oxygens (including phenoxy) is 2. The zero-order chi connectivity index (χ0) is 17.0. The van der Waals surface area contributed by atoms with E-state index in [-0.39, 0.29) is 24.8 Å². The summed E-state index contributed by atoms with van der Waals surface area (Å²) >= 11 is 0. The highest BCUT2D eigenvalue weighted by atomic mass is 16.5. The molecule has 2 rings (SSSR count). The molecule has 0 spiro atoms. The first kappa shape index (κ1) is 16.5. The van der Waals surface area contributed by atoms with E-state index in [1.807, 2.05) is 0 Å². The van der Waals surface area contributed by atoms with Gasteiger partial charge >= 0.3 is 5.97 Å². The highest BCUT2D eigenvalue weighted by Crippen LogP contribution is 2.42. The smallest absolute Gasteiger partial charge is 0.328 e. The molecule has 0 saturated carbocycles. The molecule has 0 bridgehead atoms. The molecule has 23 heavy (non-hydrogen) atoms. The van der Waals surface area contributed by atoms with Crippen molar-refractivity contribution in [3.8, 4) is 11.5 Å². The van der Waals surface area contributed by atoms with Crippen molar-refractivity contribution >= 4 is 29.4 Å². The van der Waals surface area contributed by atoms with Gasteiger partial charge in [0.15, 0.2) is 18.1 Å². The number of hydrogen-bond acceptors (Lipinski definition) is 5. The molecule has 122 valence electrons. The Bertz CT molecular complexity index is 679. The largest absolute Gasteiger partial charge is 0.490 e. The summed E-state index contributed by atoms with van der Waals surface area (Å²) in [7, 11) is 0. The summed E-state index contributed by atoms with van der Waals surface area (Å²) < 4.78 is 11.0. The lowest BCUT2D eigenvalue weighted by Gasteiger charge is -2.30. The third-order valence-corrected chi connectivity index (χ3v) is 3.09. The van der Waals surface area contributed by atoms with Crippen molar-refractivity contribution in [1.82, 2.24) is 0 Å². The number of carboxylic acids is 1. The van der Waals surface area contributed by atoms with Crippen molar-refractivity contribution < 1.29 is 29.0 Å². The summed E-state index contributed by atoms with van der Waals surface area (Å²) in [6.07, 6.45) is 2.37. The normalized spacial score (nSPS) is 13.7. The van der Waals surface area contributed by atoms with Crippen LogP contribution in [0.5, 0.6) is 11.5 Å². The predicted octanol–water partition coefficient (Wildman–Crippen LogP) is 1.50. The Balaban J connectivity index is 2.53. The van der Waals surface area contributed by atoms with E-state index in [0.29, 0.717) is 29.4 Å². The summed E-state index contributed by atoms with van der Waals surface area (Å²) in [4.78, 5) is 35.5. The summed E-state index contributed by atoms with van der Waals surface area (Å²) in [6.45, 7) is 3.31. The standard InChI is InChI=1S/C16H17NO6/c1-3-22-13-7-11(4-5-15(20)21)6-12-16(13)23-9-14(19)17(12)8-10(2)18/h4-7H,3,8-9H2,1-2H3,(H,20,21)/b5-4+. The van der Waals surface area contributed by atoms with Gasteiger partial charge in [-0.05, 0) is 37.6 Å². The van der Waals surface area contributed by atoms with Crippen LogP contribution in [0.1, 0.15) is 19.4 Å². The minimum absolute atomic E-state index is 0.0765. The number of fused-ring (bicyclic) bond motifs is 1. The molecule has 0 aromatic heterocycles. The molecule has 1 N–H and O–H groups in total.